The number of hydrogen-bond donors (Lipinski definition) is 2. The number of nitrogens with two attached hydrogens (primary N) is 1. The molecular weight excluding hydrogens is 246 g/mol. The van der Waals surface area contributed by atoms with E-state index in [2.05, 4.69) is 5.10 Å². The minimum Gasteiger partial charge on any atom is -0.486 e. The van der Waals surface area contributed by atoms with E-state index in [4.69, 9.17) is 15.2 Å². The number of nitrogens with zero attached hydrogens (tertiary/aromatic N) is 2. The van der Waals surface area contributed by atoms with Crippen LogP contribution in [0.3, 0.4) is 0 Å². The van der Waals surface area contributed by atoms with E-state index in [1.807, 2.05) is 23.7 Å². The summed E-state index contributed by atoms with van der Waals surface area (Å²) in [6.07, 6.45) is 1.45. The molecule has 1 aromatic carbocycles. The molecule has 3 rings (SSSR count). The van der Waals surface area contributed by atoms with E-state index >= 15 is 0 Å². The smallest absolute Gasteiger partial charge is 0.187 e. The summed E-state index contributed by atoms with van der Waals surface area (Å²) in [7, 11) is 0. The van der Waals surface area contributed by atoms with Crippen LogP contribution in [0, 0.1) is 0 Å². The van der Waals surface area contributed by atoms with Crippen LogP contribution in [-0.2, 0) is 6.54 Å². The summed E-state index contributed by atoms with van der Waals surface area (Å²) < 4.78 is 13.2. The first-order valence-corrected chi connectivity index (χ1v) is 6.33. The lowest BCUT2D eigenvalue weighted by Crippen LogP contribution is -2.32. The first-order valence-electron chi connectivity index (χ1n) is 6.33. The summed E-state index contributed by atoms with van der Waals surface area (Å²) in [5, 5.41) is 14.5. The molecule has 0 saturated carbocycles. The Bertz CT molecular complexity index is 594. The third-order valence-electron chi connectivity index (χ3n) is 3.09. The number of benzene rings is 1. The highest BCUT2D eigenvalue weighted by molar-refractivity contribution is 5.87. The van der Waals surface area contributed by atoms with E-state index in [0.29, 0.717) is 24.7 Å². The molecule has 0 spiro atoms. The molecule has 0 radical (unpaired) electrons. The number of aliphatic hydroxyl groups excluding tert-OH is 1. The normalized spacial score (nSPS) is 19.6. The zero-order valence-electron chi connectivity index (χ0n) is 10.7. The SMILES string of the molecule is C[C@@H](N)Cn1ncc2ccc3c(c21)O[C@@H](CO)CO3. The lowest BCUT2D eigenvalue weighted by Gasteiger charge is -2.26. The maximum atomic E-state index is 9.21. The molecule has 0 aliphatic carbocycles. The molecule has 2 heterocycles. The lowest BCUT2D eigenvalue weighted by molar-refractivity contribution is 0.0468. The second kappa shape index (κ2) is 4.71. The maximum Gasteiger partial charge on any atom is 0.187 e. The van der Waals surface area contributed by atoms with Crippen LogP contribution in [0.25, 0.3) is 10.9 Å². The van der Waals surface area contributed by atoms with Gasteiger partial charge in [0.2, 0.25) is 0 Å². The first kappa shape index (κ1) is 12.3. The number of ether oxygens (including phenoxy) is 2. The van der Waals surface area contributed by atoms with E-state index < -0.39 is 0 Å². The summed E-state index contributed by atoms with van der Waals surface area (Å²) in [6, 6.07) is 3.81. The van der Waals surface area contributed by atoms with E-state index in [1.54, 1.807) is 6.20 Å². The van der Waals surface area contributed by atoms with Crippen molar-refractivity contribution in [1.29, 1.82) is 0 Å². The number of fused-ring (bicyclic) bond motifs is 3. The molecule has 0 unspecified atom stereocenters. The fourth-order valence-electron chi connectivity index (χ4n) is 2.24. The zero-order valence-corrected chi connectivity index (χ0v) is 10.7. The Labute approximate surface area is 110 Å². The number of aromatic nitrogens is 2. The highest BCUT2D eigenvalue weighted by Crippen LogP contribution is 2.38. The molecule has 1 aliphatic heterocycles. The van der Waals surface area contributed by atoms with Gasteiger partial charge in [0.05, 0.1) is 19.3 Å². The second-order valence-corrected chi connectivity index (χ2v) is 4.87. The van der Waals surface area contributed by atoms with Crippen molar-refractivity contribution in [3.8, 4) is 11.5 Å². The van der Waals surface area contributed by atoms with Gasteiger partial charge in [-0.05, 0) is 19.1 Å². The third kappa shape index (κ3) is 2.13. The molecule has 0 fully saturated rings. The lowest BCUT2D eigenvalue weighted by atomic mass is 10.2. The minimum atomic E-state index is -0.336. The Kier molecular flexibility index (Phi) is 3.04. The maximum absolute atomic E-state index is 9.21. The van der Waals surface area contributed by atoms with Crippen molar-refractivity contribution < 1.29 is 14.6 Å². The van der Waals surface area contributed by atoms with Crippen LogP contribution in [-0.4, -0.2) is 40.2 Å². The Morgan fingerprint density at radius 2 is 2.42 bits per heavy atom. The van der Waals surface area contributed by atoms with Crippen LogP contribution in [0.2, 0.25) is 0 Å². The van der Waals surface area contributed by atoms with Crippen LogP contribution in [0.15, 0.2) is 18.3 Å². The fraction of sp³-hybridized carbons (Fsp3) is 0.462. The molecule has 6 nitrogen and oxygen atoms in total. The van der Waals surface area contributed by atoms with Crippen molar-refractivity contribution in [2.45, 2.75) is 25.6 Å². The van der Waals surface area contributed by atoms with Gasteiger partial charge in [-0.25, -0.2) is 0 Å². The predicted octanol–water partition coefficient (Wildman–Crippen LogP) is 0.516. The standard InChI is InChI=1S/C13H17N3O3/c1-8(14)5-16-12-9(4-15-16)2-3-11-13(12)19-10(6-17)7-18-11/h2-4,8,10,17H,5-7,14H2,1H3/t8-,10+/m1/s1. The summed E-state index contributed by atoms with van der Waals surface area (Å²) in [5.41, 5.74) is 6.70. The molecule has 3 N–H and O–H groups in total. The van der Waals surface area contributed by atoms with Crippen molar-refractivity contribution in [1.82, 2.24) is 9.78 Å². The summed E-state index contributed by atoms with van der Waals surface area (Å²) in [5.74, 6) is 1.32. The van der Waals surface area contributed by atoms with E-state index in [0.717, 1.165) is 10.9 Å². The highest BCUT2D eigenvalue weighted by atomic mass is 16.6. The number of aliphatic hydroxyl groups is 1. The Balaban J connectivity index is 2.11. The van der Waals surface area contributed by atoms with Gasteiger partial charge in [-0.3, -0.25) is 4.68 Å². The minimum absolute atomic E-state index is 0.00268. The van der Waals surface area contributed by atoms with Gasteiger partial charge in [0.15, 0.2) is 17.6 Å². The molecule has 102 valence electrons. The Hall–Kier alpha value is -1.79. The topological polar surface area (TPSA) is 82.5 Å². The van der Waals surface area contributed by atoms with E-state index in [1.165, 1.54) is 0 Å². The van der Waals surface area contributed by atoms with Gasteiger partial charge < -0.3 is 20.3 Å². The van der Waals surface area contributed by atoms with Crippen LogP contribution >= 0.6 is 0 Å². The van der Waals surface area contributed by atoms with Crippen LogP contribution in [0.5, 0.6) is 11.5 Å². The van der Waals surface area contributed by atoms with Crippen molar-refractivity contribution in [3.05, 3.63) is 18.3 Å². The largest absolute Gasteiger partial charge is 0.486 e. The molecule has 0 bridgehead atoms. The van der Waals surface area contributed by atoms with Crippen molar-refractivity contribution >= 4 is 10.9 Å². The van der Waals surface area contributed by atoms with Gasteiger partial charge in [0, 0.05) is 11.4 Å². The highest BCUT2D eigenvalue weighted by Gasteiger charge is 2.24. The average Bonchev–Trinajstić information content (AvgIpc) is 2.81. The van der Waals surface area contributed by atoms with E-state index in [9.17, 15) is 5.11 Å². The molecule has 2 aromatic rings. The van der Waals surface area contributed by atoms with Gasteiger partial charge in [-0.1, -0.05) is 0 Å². The molecule has 0 saturated heterocycles. The molecule has 1 aromatic heterocycles. The molecular formula is C13H17N3O3. The second-order valence-electron chi connectivity index (χ2n) is 4.87. The molecule has 1 aliphatic rings. The summed E-state index contributed by atoms with van der Waals surface area (Å²) in [6.45, 7) is 2.82. The van der Waals surface area contributed by atoms with Gasteiger partial charge >= 0.3 is 0 Å². The van der Waals surface area contributed by atoms with Crippen LogP contribution in [0.1, 0.15) is 6.92 Å². The predicted molar refractivity (Wildman–Crippen MR) is 70.4 cm³/mol. The zero-order chi connectivity index (χ0) is 13.4. The van der Waals surface area contributed by atoms with Gasteiger partial charge in [0.25, 0.3) is 0 Å². The summed E-state index contributed by atoms with van der Waals surface area (Å²) >= 11 is 0. The Morgan fingerprint density at radius 1 is 1.58 bits per heavy atom. The summed E-state index contributed by atoms with van der Waals surface area (Å²) in [4.78, 5) is 0. The molecule has 19 heavy (non-hydrogen) atoms. The van der Waals surface area contributed by atoms with Gasteiger partial charge in [-0.15, -0.1) is 0 Å². The average molecular weight is 263 g/mol. The number of rotatable bonds is 3. The molecule has 6 heteroatoms. The van der Waals surface area contributed by atoms with Crippen LogP contribution in [0.4, 0.5) is 0 Å². The van der Waals surface area contributed by atoms with E-state index in [-0.39, 0.29) is 18.8 Å². The third-order valence-corrected chi connectivity index (χ3v) is 3.09. The molecule has 0 amide bonds. The van der Waals surface area contributed by atoms with Crippen molar-refractivity contribution in [3.63, 3.8) is 0 Å². The Morgan fingerprint density at radius 3 is 3.16 bits per heavy atom. The van der Waals surface area contributed by atoms with Crippen molar-refractivity contribution in [2.24, 2.45) is 5.73 Å². The van der Waals surface area contributed by atoms with Crippen molar-refractivity contribution in [2.75, 3.05) is 13.2 Å². The molecule has 2 atom stereocenters. The first-order chi connectivity index (χ1) is 9.19. The van der Waals surface area contributed by atoms with Gasteiger partial charge in [0.1, 0.15) is 12.1 Å². The monoisotopic (exact) mass is 263 g/mol. The quantitative estimate of drug-likeness (QED) is 0.843. The fourth-order valence-corrected chi connectivity index (χ4v) is 2.24. The number of hydrogen-bond acceptors (Lipinski definition) is 5. The van der Waals surface area contributed by atoms with Crippen LogP contribution < -0.4 is 15.2 Å². The van der Waals surface area contributed by atoms with Gasteiger partial charge in [-0.2, -0.15) is 5.10 Å².